The van der Waals surface area contributed by atoms with Crippen LogP contribution >= 0.6 is 23.4 Å². The zero-order chi connectivity index (χ0) is 17.5. The van der Waals surface area contributed by atoms with Gasteiger partial charge in [-0.15, -0.1) is 0 Å². The number of benzene rings is 2. The van der Waals surface area contributed by atoms with Crippen molar-refractivity contribution in [1.29, 1.82) is 0 Å². The molecule has 0 atom stereocenters. The summed E-state index contributed by atoms with van der Waals surface area (Å²) in [6.07, 6.45) is 2.41. The van der Waals surface area contributed by atoms with Crippen LogP contribution in [0.1, 0.15) is 18.4 Å². The molecule has 0 bridgehead atoms. The summed E-state index contributed by atoms with van der Waals surface area (Å²) in [4.78, 5) is 9.44. The maximum atomic E-state index is 6.27. The third-order valence-electron chi connectivity index (χ3n) is 4.36. The second-order valence-electron chi connectivity index (χ2n) is 6.39. The number of hydrogen-bond donors (Lipinski definition) is 1. The summed E-state index contributed by atoms with van der Waals surface area (Å²) in [6.45, 7) is 0.218. The highest BCUT2D eigenvalue weighted by Gasteiger charge is 2.23. The molecule has 132 valence electrons. The van der Waals surface area contributed by atoms with E-state index in [1.54, 1.807) is 11.8 Å². The molecule has 26 heavy (non-hydrogen) atoms. The number of ether oxygens (including phenoxy) is 2. The molecule has 1 aliphatic carbocycles. The van der Waals surface area contributed by atoms with E-state index in [1.807, 2.05) is 30.3 Å². The fraction of sp³-hybridized carbons (Fsp3) is 0.263. The highest BCUT2D eigenvalue weighted by molar-refractivity contribution is 7.98. The van der Waals surface area contributed by atoms with Crippen LogP contribution in [0.3, 0.4) is 0 Å². The molecule has 7 heteroatoms. The van der Waals surface area contributed by atoms with Gasteiger partial charge in [-0.05, 0) is 42.7 Å². The quantitative estimate of drug-likeness (QED) is 0.499. The molecule has 2 aliphatic rings. The number of nitrogens with zero attached hydrogens (tertiary/aromatic N) is 2. The average molecular weight is 386 g/mol. The lowest BCUT2D eigenvalue weighted by Gasteiger charge is -2.10. The van der Waals surface area contributed by atoms with Crippen molar-refractivity contribution in [2.45, 2.75) is 29.8 Å². The first kappa shape index (κ1) is 16.0. The maximum Gasteiger partial charge on any atom is 0.231 e. The van der Waals surface area contributed by atoms with Crippen LogP contribution in [0.5, 0.6) is 11.5 Å². The molecule has 0 radical (unpaired) electrons. The molecule has 0 spiro atoms. The minimum atomic E-state index is 0.218. The summed E-state index contributed by atoms with van der Waals surface area (Å²) in [5.41, 5.74) is 2.01. The van der Waals surface area contributed by atoms with Crippen molar-refractivity contribution in [2.75, 3.05) is 12.1 Å². The number of fused-ring (bicyclic) bond motifs is 2. The van der Waals surface area contributed by atoms with Crippen LogP contribution < -0.4 is 14.8 Å². The number of aromatic nitrogens is 2. The van der Waals surface area contributed by atoms with Gasteiger partial charge in [0, 0.05) is 17.2 Å². The molecule has 1 fully saturated rings. The first-order valence-electron chi connectivity index (χ1n) is 8.50. The van der Waals surface area contributed by atoms with Crippen molar-refractivity contribution in [3.63, 3.8) is 0 Å². The van der Waals surface area contributed by atoms with E-state index >= 15 is 0 Å². The lowest BCUT2D eigenvalue weighted by Crippen LogP contribution is -2.05. The van der Waals surface area contributed by atoms with E-state index in [0.717, 1.165) is 27.4 Å². The molecule has 1 N–H and O–H groups in total. The second-order valence-corrected chi connectivity index (χ2v) is 7.74. The van der Waals surface area contributed by atoms with Crippen LogP contribution in [0.4, 0.5) is 5.82 Å². The van der Waals surface area contributed by atoms with Gasteiger partial charge in [0.25, 0.3) is 0 Å². The summed E-state index contributed by atoms with van der Waals surface area (Å²) >= 11 is 7.86. The van der Waals surface area contributed by atoms with E-state index in [9.17, 15) is 0 Å². The summed E-state index contributed by atoms with van der Waals surface area (Å²) in [7, 11) is 0. The van der Waals surface area contributed by atoms with Crippen LogP contribution in [0.2, 0.25) is 5.02 Å². The van der Waals surface area contributed by atoms with Gasteiger partial charge in [0.2, 0.25) is 6.79 Å². The van der Waals surface area contributed by atoms with Crippen molar-refractivity contribution in [1.82, 2.24) is 9.97 Å². The van der Waals surface area contributed by atoms with Crippen LogP contribution in [-0.4, -0.2) is 22.8 Å². The predicted molar refractivity (Wildman–Crippen MR) is 103 cm³/mol. The zero-order valence-corrected chi connectivity index (χ0v) is 15.4. The molecule has 1 saturated carbocycles. The molecule has 5 nitrogen and oxygen atoms in total. The minimum absolute atomic E-state index is 0.218. The van der Waals surface area contributed by atoms with Gasteiger partial charge < -0.3 is 14.8 Å². The van der Waals surface area contributed by atoms with Crippen LogP contribution in [0.25, 0.3) is 10.9 Å². The topological polar surface area (TPSA) is 56.3 Å². The average Bonchev–Trinajstić information content (AvgIpc) is 3.33. The maximum absolute atomic E-state index is 6.27. The molecule has 1 aromatic heterocycles. The van der Waals surface area contributed by atoms with Gasteiger partial charge in [-0.1, -0.05) is 35.5 Å². The van der Waals surface area contributed by atoms with E-state index in [-0.39, 0.29) is 6.79 Å². The molecule has 2 heterocycles. The molecule has 0 unspecified atom stereocenters. The Labute approximate surface area is 160 Å². The first-order chi connectivity index (χ1) is 12.8. The SMILES string of the molecule is Clc1cc(CSc2nc(NC3CC3)c3ccccc3n2)cc2c1OCO2. The largest absolute Gasteiger partial charge is 0.454 e. The highest BCUT2D eigenvalue weighted by Crippen LogP contribution is 2.41. The third kappa shape index (κ3) is 3.15. The number of para-hydroxylation sites is 1. The van der Waals surface area contributed by atoms with Gasteiger partial charge in [-0.2, -0.15) is 0 Å². The highest BCUT2D eigenvalue weighted by atomic mass is 35.5. The van der Waals surface area contributed by atoms with Gasteiger partial charge in [-0.25, -0.2) is 9.97 Å². The Morgan fingerprint density at radius 2 is 2.04 bits per heavy atom. The molecule has 0 amide bonds. The fourth-order valence-corrected chi connectivity index (χ4v) is 3.97. The van der Waals surface area contributed by atoms with E-state index in [1.165, 1.54) is 12.8 Å². The molecule has 1 aliphatic heterocycles. The Kier molecular flexibility index (Phi) is 4.02. The number of halogens is 1. The normalized spacial score (nSPS) is 15.4. The number of nitrogens with one attached hydrogen (secondary N) is 1. The van der Waals surface area contributed by atoms with Crippen molar-refractivity contribution >= 4 is 40.1 Å². The minimum Gasteiger partial charge on any atom is -0.454 e. The summed E-state index contributed by atoms with van der Waals surface area (Å²) in [5.74, 6) is 2.95. The van der Waals surface area contributed by atoms with Crippen LogP contribution in [0, 0.1) is 0 Å². The Hall–Kier alpha value is -2.18. The van der Waals surface area contributed by atoms with Crippen LogP contribution in [-0.2, 0) is 5.75 Å². The Bertz CT molecular complexity index is 994. The lowest BCUT2D eigenvalue weighted by molar-refractivity contribution is 0.174. The number of hydrogen-bond acceptors (Lipinski definition) is 6. The van der Waals surface area contributed by atoms with Gasteiger partial charge in [-0.3, -0.25) is 0 Å². The third-order valence-corrected chi connectivity index (χ3v) is 5.56. The molecule has 5 rings (SSSR count). The van der Waals surface area contributed by atoms with E-state index in [4.69, 9.17) is 31.0 Å². The summed E-state index contributed by atoms with van der Waals surface area (Å²) in [5, 5.41) is 5.91. The van der Waals surface area contributed by atoms with Gasteiger partial charge in [0.1, 0.15) is 5.82 Å². The van der Waals surface area contributed by atoms with Gasteiger partial charge >= 0.3 is 0 Å². The standard InChI is InChI=1S/C19H16ClN3O2S/c20-14-7-11(8-16-17(14)25-10-24-16)9-26-19-22-15-4-2-1-3-13(15)18(23-19)21-12-5-6-12/h1-4,7-8,12H,5-6,9-10H2,(H,21,22,23). The van der Waals surface area contributed by atoms with E-state index < -0.39 is 0 Å². The number of thioether (sulfide) groups is 1. The summed E-state index contributed by atoms with van der Waals surface area (Å²) in [6, 6.07) is 12.5. The van der Waals surface area contributed by atoms with Crippen molar-refractivity contribution in [3.8, 4) is 11.5 Å². The number of rotatable bonds is 5. The van der Waals surface area contributed by atoms with E-state index in [0.29, 0.717) is 28.3 Å². The smallest absolute Gasteiger partial charge is 0.231 e. The molecule has 0 saturated heterocycles. The number of anilines is 1. The lowest BCUT2D eigenvalue weighted by atomic mass is 10.2. The molecular formula is C19H16ClN3O2S. The first-order valence-corrected chi connectivity index (χ1v) is 9.87. The monoisotopic (exact) mass is 385 g/mol. The summed E-state index contributed by atoms with van der Waals surface area (Å²) < 4.78 is 10.8. The van der Waals surface area contributed by atoms with E-state index in [2.05, 4.69) is 11.4 Å². The van der Waals surface area contributed by atoms with Crippen molar-refractivity contribution in [3.05, 3.63) is 47.0 Å². The molecule has 3 aromatic rings. The second kappa shape index (κ2) is 6.52. The van der Waals surface area contributed by atoms with Crippen LogP contribution in [0.15, 0.2) is 41.6 Å². The Morgan fingerprint density at radius 1 is 1.15 bits per heavy atom. The van der Waals surface area contributed by atoms with Gasteiger partial charge in [0.15, 0.2) is 16.7 Å². The van der Waals surface area contributed by atoms with Crippen molar-refractivity contribution < 1.29 is 9.47 Å². The molecule has 2 aromatic carbocycles. The fourth-order valence-electron chi connectivity index (χ4n) is 2.90. The Balaban J connectivity index is 1.41. The van der Waals surface area contributed by atoms with Gasteiger partial charge in [0.05, 0.1) is 10.5 Å². The molecular weight excluding hydrogens is 370 g/mol. The Morgan fingerprint density at radius 3 is 2.92 bits per heavy atom. The zero-order valence-electron chi connectivity index (χ0n) is 13.9. The predicted octanol–water partition coefficient (Wildman–Crippen LogP) is 4.88. The van der Waals surface area contributed by atoms with Crippen molar-refractivity contribution in [2.24, 2.45) is 0 Å².